The van der Waals surface area contributed by atoms with Crippen molar-refractivity contribution in [3.63, 3.8) is 0 Å². The molecule has 4 heterocycles. The number of ether oxygens (including phenoxy) is 2. The first-order chi connectivity index (χ1) is 14.1. The van der Waals surface area contributed by atoms with E-state index in [1.54, 1.807) is 24.6 Å². The van der Waals surface area contributed by atoms with Crippen LogP contribution >= 0.6 is 11.3 Å². The molecule has 0 bridgehead atoms. The van der Waals surface area contributed by atoms with Gasteiger partial charge in [0.1, 0.15) is 24.7 Å². The van der Waals surface area contributed by atoms with Crippen molar-refractivity contribution in [3.05, 3.63) is 52.6 Å². The first-order valence-corrected chi connectivity index (χ1v) is 9.77. The predicted molar refractivity (Wildman–Crippen MR) is 104 cm³/mol. The SMILES string of the molecule is COCc1nc(-c2ccc3c(c2)OC[C@H]3NC(=O)c2cnc3sc(C)cn23)no1. The number of hydrogen-bond donors (Lipinski definition) is 1. The van der Waals surface area contributed by atoms with Crippen LogP contribution in [-0.2, 0) is 11.3 Å². The summed E-state index contributed by atoms with van der Waals surface area (Å²) in [6.07, 6.45) is 3.50. The lowest BCUT2D eigenvalue weighted by Gasteiger charge is -2.11. The smallest absolute Gasteiger partial charge is 0.270 e. The largest absolute Gasteiger partial charge is 0.491 e. The molecule has 5 rings (SSSR count). The van der Waals surface area contributed by atoms with Crippen molar-refractivity contribution in [2.24, 2.45) is 0 Å². The standard InChI is InChI=1S/C19H17N5O4S/c1-10-7-24-14(6-20-19(24)29-10)18(25)21-13-8-27-15-5-11(3-4-12(13)15)17-22-16(9-26-2)28-23-17/h3-7,13H,8-9H2,1-2H3,(H,21,25)/t13-/m1/s1. The zero-order valence-electron chi connectivity index (χ0n) is 15.7. The van der Waals surface area contributed by atoms with Crippen LogP contribution in [0.3, 0.4) is 0 Å². The number of amides is 1. The van der Waals surface area contributed by atoms with Gasteiger partial charge in [-0.25, -0.2) is 4.98 Å². The second-order valence-electron chi connectivity index (χ2n) is 6.67. The number of carbonyl (C=O) groups excluding carboxylic acids is 1. The minimum Gasteiger partial charge on any atom is -0.491 e. The summed E-state index contributed by atoms with van der Waals surface area (Å²) in [7, 11) is 1.57. The van der Waals surface area contributed by atoms with Gasteiger partial charge in [0.05, 0.1) is 12.2 Å². The van der Waals surface area contributed by atoms with Crippen molar-refractivity contribution in [2.75, 3.05) is 13.7 Å². The number of nitrogens with one attached hydrogen (secondary N) is 1. The molecule has 0 unspecified atom stereocenters. The molecule has 4 aromatic rings. The highest BCUT2D eigenvalue weighted by Crippen LogP contribution is 2.35. The second-order valence-corrected chi connectivity index (χ2v) is 7.89. The molecule has 1 atom stereocenters. The second kappa shape index (κ2) is 6.98. The minimum absolute atomic E-state index is 0.191. The molecule has 1 aliphatic heterocycles. The van der Waals surface area contributed by atoms with E-state index in [4.69, 9.17) is 14.0 Å². The molecule has 10 heteroatoms. The van der Waals surface area contributed by atoms with E-state index in [9.17, 15) is 4.79 Å². The number of benzene rings is 1. The van der Waals surface area contributed by atoms with E-state index in [2.05, 4.69) is 20.4 Å². The zero-order chi connectivity index (χ0) is 20.0. The Kier molecular flexibility index (Phi) is 4.29. The normalized spacial score (nSPS) is 15.4. The summed E-state index contributed by atoms with van der Waals surface area (Å²) in [5.41, 5.74) is 2.19. The lowest BCUT2D eigenvalue weighted by molar-refractivity contribution is 0.0924. The lowest BCUT2D eigenvalue weighted by Crippen LogP contribution is -2.30. The summed E-state index contributed by atoms with van der Waals surface area (Å²) in [4.78, 5) is 23.3. The fourth-order valence-corrected chi connectivity index (χ4v) is 4.12. The highest BCUT2D eigenvalue weighted by Gasteiger charge is 2.28. The van der Waals surface area contributed by atoms with E-state index in [-0.39, 0.29) is 18.6 Å². The van der Waals surface area contributed by atoms with Crippen LogP contribution in [0.1, 0.15) is 32.9 Å². The summed E-state index contributed by atoms with van der Waals surface area (Å²) in [5, 5.41) is 7.00. The van der Waals surface area contributed by atoms with E-state index in [1.807, 2.05) is 35.7 Å². The van der Waals surface area contributed by atoms with E-state index in [1.165, 1.54) is 0 Å². The van der Waals surface area contributed by atoms with E-state index in [0.717, 1.165) is 21.0 Å². The Bertz CT molecular complexity index is 1210. The molecule has 0 saturated heterocycles. The number of carbonyl (C=O) groups is 1. The van der Waals surface area contributed by atoms with Gasteiger partial charge >= 0.3 is 0 Å². The molecule has 0 aliphatic carbocycles. The minimum atomic E-state index is -0.244. The van der Waals surface area contributed by atoms with Gasteiger partial charge in [-0.15, -0.1) is 11.3 Å². The predicted octanol–water partition coefficient (Wildman–Crippen LogP) is 2.76. The Labute approximate surface area is 169 Å². The molecular weight excluding hydrogens is 394 g/mol. The van der Waals surface area contributed by atoms with Crippen LogP contribution in [0, 0.1) is 6.92 Å². The fraction of sp³-hybridized carbons (Fsp3) is 0.263. The number of rotatable bonds is 5. The summed E-state index contributed by atoms with van der Waals surface area (Å²) >= 11 is 1.55. The van der Waals surface area contributed by atoms with Gasteiger partial charge in [-0.2, -0.15) is 4.98 Å². The Morgan fingerprint density at radius 2 is 2.34 bits per heavy atom. The van der Waals surface area contributed by atoms with Gasteiger partial charge in [0.25, 0.3) is 11.8 Å². The number of hydrogen-bond acceptors (Lipinski definition) is 8. The fourth-order valence-electron chi connectivity index (χ4n) is 3.32. The lowest BCUT2D eigenvalue weighted by atomic mass is 10.1. The van der Waals surface area contributed by atoms with Gasteiger partial charge in [0, 0.05) is 29.3 Å². The van der Waals surface area contributed by atoms with Crippen molar-refractivity contribution in [3.8, 4) is 17.1 Å². The third-order valence-corrected chi connectivity index (χ3v) is 5.56. The van der Waals surface area contributed by atoms with Crippen molar-refractivity contribution in [1.29, 1.82) is 0 Å². The molecule has 0 saturated carbocycles. The number of thiazole rings is 1. The van der Waals surface area contributed by atoms with Crippen molar-refractivity contribution in [1.82, 2.24) is 24.8 Å². The van der Waals surface area contributed by atoms with Crippen LogP contribution in [0.4, 0.5) is 0 Å². The van der Waals surface area contributed by atoms with Crippen LogP contribution in [-0.4, -0.2) is 39.1 Å². The third kappa shape index (κ3) is 3.15. The molecular formula is C19H17N5O4S. The number of imidazole rings is 1. The topological polar surface area (TPSA) is 104 Å². The average molecular weight is 411 g/mol. The molecule has 0 fully saturated rings. The number of aryl methyl sites for hydroxylation is 1. The number of aromatic nitrogens is 4. The van der Waals surface area contributed by atoms with Crippen LogP contribution in [0.15, 0.2) is 35.1 Å². The first kappa shape index (κ1) is 17.8. The molecule has 1 N–H and O–H groups in total. The van der Waals surface area contributed by atoms with E-state index in [0.29, 0.717) is 29.8 Å². The van der Waals surface area contributed by atoms with Crippen molar-refractivity contribution >= 4 is 22.2 Å². The van der Waals surface area contributed by atoms with Crippen molar-refractivity contribution in [2.45, 2.75) is 19.6 Å². The van der Waals surface area contributed by atoms with Crippen LogP contribution in [0.2, 0.25) is 0 Å². The highest BCUT2D eigenvalue weighted by atomic mass is 32.1. The van der Waals surface area contributed by atoms with E-state index < -0.39 is 0 Å². The number of nitrogens with zero attached hydrogens (tertiary/aromatic N) is 4. The molecule has 1 aromatic carbocycles. The maximum atomic E-state index is 12.8. The number of fused-ring (bicyclic) bond motifs is 2. The van der Waals surface area contributed by atoms with Gasteiger partial charge in [0.15, 0.2) is 4.96 Å². The first-order valence-electron chi connectivity index (χ1n) is 8.95. The van der Waals surface area contributed by atoms with Gasteiger partial charge in [-0.1, -0.05) is 17.3 Å². The molecule has 9 nitrogen and oxygen atoms in total. The molecule has 0 spiro atoms. The highest BCUT2D eigenvalue weighted by molar-refractivity contribution is 7.17. The Balaban J connectivity index is 1.36. The summed E-state index contributed by atoms with van der Waals surface area (Å²) in [6.45, 7) is 2.60. The van der Waals surface area contributed by atoms with Gasteiger partial charge < -0.3 is 19.3 Å². The average Bonchev–Trinajstić information content (AvgIpc) is 3.46. The molecule has 3 aromatic heterocycles. The molecule has 29 heavy (non-hydrogen) atoms. The quantitative estimate of drug-likeness (QED) is 0.538. The molecule has 0 radical (unpaired) electrons. The Morgan fingerprint density at radius 3 is 3.21 bits per heavy atom. The maximum absolute atomic E-state index is 12.8. The van der Waals surface area contributed by atoms with Crippen LogP contribution < -0.4 is 10.1 Å². The van der Waals surface area contributed by atoms with Gasteiger partial charge in [-0.3, -0.25) is 9.20 Å². The van der Waals surface area contributed by atoms with Crippen molar-refractivity contribution < 1.29 is 18.8 Å². The Morgan fingerprint density at radius 1 is 1.45 bits per heavy atom. The Hall–Kier alpha value is -3.24. The third-order valence-electron chi connectivity index (χ3n) is 4.65. The molecule has 148 valence electrons. The van der Waals surface area contributed by atoms with Crippen LogP contribution in [0.5, 0.6) is 5.75 Å². The van der Waals surface area contributed by atoms with E-state index >= 15 is 0 Å². The zero-order valence-corrected chi connectivity index (χ0v) is 16.5. The summed E-state index contributed by atoms with van der Waals surface area (Å²) < 4.78 is 17.7. The monoisotopic (exact) mass is 411 g/mol. The van der Waals surface area contributed by atoms with Crippen LogP contribution in [0.25, 0.3) is 16.3 Å². The molecule has 1 aliphatic rings. The molecule has 1 amide bonds. The summed E-state index contributed by atoms with van der Waals surface area (Å²) in [5.74, 6) is 1.37. The van der Waals surface area contributed by atoms with Gasteiger partial charge in [0.2, 0.25) is 5.82 Å². The maximum Gasteiger partial charge on any atom is 0.270 e. The number of methoxy groups -OCH3 is 1. The summed E-state index contributed by atoms with van der Waals surface area (Å²) in [6, 6.07) is 5.40. The van der Waals surface area contributed by atoms with Gasteiger partial charge in [-0.05, 0) is 13.0 Å².